The first-order valence-corrected chi connectivity index (χ1v) is 12.1. The molecule has 3 aromatic carbocycles. The Morgan fingerprint density at radius 2 is 1.21 bits per heavy atom. The molecule has 144 valence electrons. The first-order chi connectivity index (χ1) is 13.4. The van der Waals surface area contributed by atoms with Gasteiger partial charge in [0.1, 0.15) is 8.07 Å². The number of hydrogen-bond donors (Lipinski definition) is 1. The number of anilines is 1. The zero-order valence-corrected chi connectivity index (χ0v) is 17.0. The number of halogens is 2. The van der Waals surface area contributed by atoms with Crippen LogP contribution in [0.4, 0.5) is 20.2 Å². The minimum atomic E-state index is -1.99. The van der Waals surface area contributed by atoms with Crippen molar-refractivity contribution in [2.24, 2.45) is 0 Å². The van der Waals surface area contributed by atoms with E-state index >= 15 is 0 Å². The Labute approximate surface area is 165 Å². The maximum atomic E-state index is 14.7. The minimum Gasteiger partial charge on any atom is -0.399 e. The van der Waals surface area contributed by atoms with Crippen LogP contribution in [0.2, 0.25) is 12.1 Å². The Kier molecular flexibility index (Phi) is 4.81. The van der Waals surface area contributed by atoms with Gasteiger partial charge in [-0.1, -0.05) is 71.0 Å². The molecule has 1 aliphatic rings. The summed E-state index contributed by atoms with van der Waals surface area (Å²) in [4.78, 5) is 0. The number of benzene rings is 3. The second-order valence-electron chi connectivity index (χ2n) is 7.99. The number of hydrogen-bond acceptors (Lipinski definition) is 1. The first kappa shape index (κ1) is 18.8. The molecule has 0 spiro atoms. The van der Waals surface area contributed by atoms with E-state index in [1.165, 1.54) is 22.5 Å². The molecule has 0 bridgehead atoms. The second kappa shape index (κ2) is 7.15. The zero-order chi connectivity index (χ0) is 19.8. The molecule has 28 heavy (non-hydrogen) atoms. The predicted molar refractivity (Wildman–Crippen MR) is 116 cm³/mol. The fraction of sp³-hybridized carbons (Fsp3) is 0.217. The molecule has 0 atom stereocenters. The van der Waals surface area contributed by atoms with E-state index in [-0.39, 0.29) is 15.9 Å². The predicted octanol–water partition coefficient (Wildman–Crippen LogP) is 3.76. The first-order valence-electron chi connectivity index (χ1n) is 9.65. The van der Waals surface area contributed by atoms with Gasteiger partial charge in [0.15, 0.2) is 11.6 Å². The fourth-order valence-electron chi connectivity index (χ4n) is 4.69. The molecule has 0 aromatic heterocycles. The third-order valence-electron chi connectivity index (χ3n) is 6.30. The molecule has 1 saturated heterocycles. The van der Waals surface area contributed by atoms with E-state index in [0.29, 0.717) is 13.1 Å². The molecule has 0 saturated carbocycles. The monoisotopic (exact) mass is 395 g/mol. The van der Waals surface area contributed by atoms with Crippen LogP contribution in [0.15, 0.2) is 72.8 Å². The Hall–Kier alpha value is -2.50. The van der Waals surface area contributed by atoms with Gasteiger partial charge >= 0.3 is 0 Å². The van der Waals surface area contributed by atoms with Gasteiger partial charge < -0.3 is 5.73 Å². The smallest absolute Gasteiger partial charge is 0.204 e. The van der Waals surface area contributed by atoms with Crippen LogP contribution in [-0.2, 0) is 0 Å². The van der Waals surface area contributed by atoms with E-state index < -0.39 is 19.7 Å². The van der Waals surface area contributed by atoms with E-state index in [1.807, 2.05) is 19.2 Å². The van der Waals surface area contributed by atoms with Gasteiger partial charge in [-0.05, 0) is 0 Å². The summed E-state index contributed by atoms with van der Waals surface area (Å²) in [6.45, 7) is 1.40. The van der Waals surface area contributed by atoms with Gasteiger partial charge in [-0.2, -0.15) is 0 Å². The quantitative estimate of drug-likeness (QED) is 0.408. The van der Waals surface area contributed by atoms with E-state index in [4.69, 9.17) is 5.73 Å². The average Bonchev–Trinajstić information content (AvgIpc) is 2.69. The highest BCUT2D eigenvalue weighted by molar-refractivity contribution is 7.02. The summed E-state index contributed by atoms with van der Waals surface area (Å²) in [5.41, 5.74) is 5.88. The molecule has 2 nitrogen and oxygen atoms in total. The van der Waals surface area contributed by atoms with E-state index in [2.05, 4.69) is 48.5 Å². The second-order valence-corrected chi connectivity index (χ2v) is 12.3. The van der Waals surface area contributed by atoms with Crippen molar-refractivity contribution in [1.29, 1.82) is 0 Å². The van der Waals surface area contributed by atoms with Crippen molar-refractivity contribution in [1.82, 2.24) is 4.48 Å². The summed E-state index contributed by atoms with van der Waals surface area (Å²) >= 11 is 0. The molecule has 1 fully saturated rings. The number of rotatable bonds is 3. The van der Waals surface area contributed by atoms with Gasteiger partial charge in [-0.3, -0.25) is 4.48 Å². The lowest BCUT2D eigenvalue weighted by Crippen LogP contribution is -2.67. The summed E-state index contributed by atoms with van der Waals surface area (Å²) < 4.78 is 29.6. The third kappa shape index (κ3) is 3.14. The minimum absolute atomic E-state index is 0.125. The number of nitrogen functional groups attached to an aromatic ring is 1. The van der Waals surface area contributed by atoms with Gasteiger partial charge in [-0.15, -0.1) is 0 Å². The molecule has 4 rings (SSSR count). The Morgan fingerprint density at radius 3 is 1.64 bits per heavy atom. The maximum absolute atomic E-state index is 14.7. The van der Waals surface area contributed by atoms with E-state index in [9.17, 15) is 8.78 Å². The van der Waals surface area contributed by atoms with Crippen molar-refractivity contribution in [2.45, 2.75) is 12.1 Å². The van der Waals surface area contributed by atoms with Crippen LogP contribution < -0.4 is 20.6 Å². The highest BCUT2D eigenvalue weighted by atomic mass is 28.3. The molecule has 1 heterocycles. The summed E-state index contributed by atoms with van der Waals surface area (Å²) in [5, 5.41) is 2.79. The van der Waals surface area contributed by atoms with Crippen molar-refractivity contribution >= 4 is 29.8 Å². The van der Waals surface area contributed by atoms with E-state index in [0.717, 1.165) is 12.1 Å². The van der Waals surface area contributed by atoms with Crippen molar-refractivity contribution in [3.05, 3.63) is 84.4 Å². The maximum Gasteiger partial charge on any atom is 0.204 e. The summed E-state index contributed by atoms with van der Waals surface area (Å²) in [7, 11) is -0.0510. The Balaban J connectivity index is 1.74. The molecule has 2 N–H and O–H groups in total. The van der Waals surface area contributed by atoms with Crippen LogP contribution >= 0.6 is 0 Å². The van der Waals surface area contributed by atoms with Gasteiger partial charge in [0, 0.05) is 29.9 Å². The average molecular weight is 396 g/mol. The van der Waals surface area contributed by atoms with Crippen LogP contribution in [0.1, 0.15) is 0 Å². The molecular formula is C23H25F2N2Si+. The van der Waals surface area contributed by atoms with Crippen molar-refractivity contribution in [3.8, 4) is 0 Å². The summed E-state index contributed by atoms with van der Waals surface area (Å²) in [6.07, 6.45) is 0. The van der Waals surface area contributed by atoms with E-state index in [1.54, 1.807) is 0 Å². The molecule has 0 aliphatic carbocycles. The highest BCUT2D eigenvalue weighted by Gasteiger charge is 2.47. The SMILES string of the molecule is C[N+]1(c2c(F)cc(N)cc2F)CC[Si](c2ccccc2)(c2ccccc2)CC1. The lowest BCUT2D eigenvalue weighted by molar-refractivity contribution is 0.324. The topological polar surface area (TPSA) is 26.0 Å². The lowest BCUT2D eigenvalue weighted by Gasteiger charge is -2.45. The fourth-order valence-corrected chi connectivity index (χ4v) is 9.84. The van der Waals surface area contributed by atoms with Gasteiger partial charge in [0.05, 0.1) is 20.1 Å². The van der Waals surface area contributed by atoms with Gasteiger partial charge in [0.2, 0.25) is 5.69 Å². The normalized spacial score (nSPS) is 18.0. The molecule has 0 unspecified atom stereocenters. The summed E-state index contributed by atoms with van der Waals surface area (Å²) in [6, 6.07) is 25.7. The van der Waals surface area contributed by atoms with Crippen molar-refractivity contribution < 1.29 is 8.78 Å². The number of quaternary nitrogens is 1. The third-order valence-corrected chi connectivity index (χ3v) is 11.3. The van der Waals surface area contributed by atoms with Crippen LogP contribution in [0.5, 0.6) is 0 Å². The molecule has 0 amide bonds. The van der Waals surface area contributed by atoms with Crippen LogP contribution in [-0.4, -0.2) is 28.2 Å². The lowest BCUT2D eigenvalue weighted by atomic mass is 10.2. The molecule has 5 heteroatoms. The van der Waals surface area contributed by atoms with Gasteiger partial charge in [0.25, 0.3) is 0 Å². The largest absolute Gasteiger partial charge is 0.399 e. The number of nitrogens with zero attached hydrogens (tertiary/aromatic N) is 1. The van der Waals surface area contributed by atoms with Crippen molar-refractivity contribution in [3.63, 3.8) is 0 Å². The molecular weight excluding hydrogens is 370 g/mol. The Bertz CT molecular complexity index is 904. The van der Waals surface area contributed by atoms with Crippen LogP contribution in [0, 0.1) is 11.6 Å². The number of nitrogens with two attached hydrogens (primary N) is 1. The summed E-state index contributed by atoms with van der Waals surface area (Å²) in [5.74, 6) is -1.10. The van der Waals surface area contributed by atoms with Crippen LogP contribution in [0.3, 0.4) is 0 Å². The van der Waals surface area contributed by atoms with Crippen molar-refractivity contribution in [2.75, 3.05) is 25.9 Å². The molecule has 1 aliphatic heterocycles. The van der Waals surface area contributed by atoms with Gasteiger partial charge in [-0.25, -0.2) is 8.78 Å². The molecule has 3 aromatic rings. The Morgan fingerprint density at radius 1 is 0.786 bits per heavy atom. The van der Waals surface area contributed by atoms with Crippen LogP contribution in [0.25, 0.3) is 0 Å². The molecule has 0 radical (unpaired) electrons. The highest BCUT2D eigenvalue weighted by Crippen LogP contribution is 2.36. The standard InChI is InChI=1S/C23H25F2N2Si/c1-27(23-21(24)16-18(26)17-22(23)25)12-14-28(15-13-27,19-8-4-2-5-9-19)20-10-6-3-7-11-20/h2-11,16-17H,12-15,26H2,1H3/q+1. The zero-order valence-electron chi connectivity index (χ0n) is 16.0.